The van der Waals surface area contributed by atoms with Crippen LogP contribution >= 0.6 is 23.4 Å². The molecule has 2 N–H and O–H groups in total. The van der Waals surface area contributed by atoms with Crippen molar-refractivity contribution in [3.8, 4) is 0 Å². The van der Waals surface area contributed by atoms with Crippen LogP contribution < -0.4 is 10.6 Å². The number of nitrogens with one attached hydrogen (secondary N) is 2. The molecule has 0 fully saturated rings. The summed E-state index contributed by atoms with van der Waals surface area (Å²) in [6, 6.07) is 12.1. The van der Waals surface area contributed by atoms with Crippen LogP contribution in [0, 0.1) is 5.82 Å². The number of carbonyl (C=O) groups is 2. The summed E-state index contributed by atoms with van der Waals surface area (Å²) in [6.45, 7) is 1.79. The SMILES string of the molecule is C[C@H](NC(=O)c1ccc(Cl)cc1)c1nnc(SCC(=O)Nc2ccccc2F)n1C. The van der Waals surface area contributed by atoms with Gasteiger partial charge in [-0.15, -0.1) is 10.2 Å². The second-order valence-corrected chi connectivity index (χ2v) is 7.80. The van der Waals surface area contributed by atoms with Gasteiger partial charge in [-0.3, -0.25) is 9.59 Å². The summed E-state index contributed by atoms with van der Waals surface area (Å²) in [7, 11) is 1.75. The molecule has 0 aliphatic rings. The van der Waals surface area contributed by atoms with E-state index in [0.29, 0.717) is 21.6 Å². The van der Waals surface area contributed by atoms with Crippen LogP contribution in [-0.4, -0.2) is 32.3 Å². The van der Waals surface area contributed by atoms with E-state index in [1.807, 2.05) is 0 Å². The Hall–Kier alpha value is -2.91. The van der Waals surface area contributed by atoms with Crippen LogP contribution in [0.4, 0.5) is 10.1 Å². The molecular weight excluding hydrogens is 429 g/mol. The Morgan fingerprint density at radius 2 is 1.87 bits per heavy atom. The van der Waals surface area contributed by atoms with Gasteiger partial charge in [-0.05, 0) is 43.3 Å². The number of hydrogen-bond acceptors (Lipinski definition) is 5. The molecule has 2 aromatic carbocycles. The number of hydrogen-bond donors (Lipinski definition) is 2. The molecule has 30 heavy (non-hydrogen) atoms. The highest BCUT2D eigenvalue weighted by Crippen LogP contribution is 2.20. The van der Waals surface area contributed by atoms with Gasteiger partial charge in [0, 0.05) is 17.6 Å². The van der Waals surface area contributed by atoms with E-state index in [1.54, 1.807) is 54.9 Å². The number of para-hydroxylation sites is 1. The fourth-order valence-corrected chi connectivity index (χ4v) is 3.50. The molecule has 7 nitrogen and oxygen atoms in total. The zero-order valence-electron chi connectivity index (χ0n) is 16.2. The molecule has 156 valence electrons. The molecule has 0 saturated carbocycles. The van der Waals surface area contributed by atoms with Crippen molar-refractivity contribution < 1.29 is 14.0 Å². The maximum Gasteiger partial charge on any atom is 0.251 e. The summed E-state index contributed by atoms with van der Waals surface area (Å²) in [5.74, 6) is -0.554. The highest BCUT2D eigenvalue weighted by molar-refractivity contribution is 7.99. The summed E-state index contributed by atoms with van der Waals surface area (Å²) >= 11 is 7.01. The van der Waals surface area contributed by atoms with E-state index in [1.165, 1.54) is 12.1 Å². The van der Waals surface area contributed by atoms with Gasteiger partial charge in [-0.2, -0.15) is 0 Å². The molecule has 0 saturated heterocycles. The second kappa shape index (κ2) is 9.73. The number of halogens is 2. The van der Waals surface area contributed by atoms with Crippen molar-refractivity contribution in [3.63, 3.8) is 0 Å². The minimum absolute atomic E-state index is 0.0336. The van der Waals surface area contributed by atoms with Crippen molar-refractivity contribution in [2.24, 2.45) is 7.05 Å². The van der Waals surface area contributed by atoms with E-state index in [2.05, 4.69) is 20.8 Å². The van der Waals surface area contributed by atoms with E-state index in [9.17, 15) is 14.0 Å². The number of thioether (sulfide) groups is 1. The van der Waals surface area contributed by atoms with Gasteiger partial charge in [0.2, 0.25) is 5.91 Å². The normalized spacial score (nSPS) is 11.7. The van der Waals surface area contributed by atoms with Crippen molar-refractivity contribution in [3.05, 3.63) is 70.8 Å². The molecule has 0 radical (unpaired) electrons. The van der Waals surface area contributed by atoms with Crippen molar-refractivity contribution >= 4 is 40.9 Å². The fraction of sp³-hybridized carbons (Fsp3) is 0.200. The lowest BCUT2D eigenvalue weighted by atomic mass is 10.2. The molecule has 0 spiro atoms. The van der Waals surface area contributed by atoms with E-state index in [4.69, 9.17) is 11.6 Å². The third-order valence-corrected chi connectivity index (χ3v) is 5.46. The minimum atomic E-state index is -0.498. The Kier molecular flexibility index (Phi) is 7.07. The highest BCUT2D eigenvalue weighted by atomic mass is 35.5. The number of rotatable bonds is 7. The van der Waals surface area contributed by atoms with E-state index >= 15 is 0 Å². The summed E-state index contributed by atoms with van der Waals surface area (Å²) in [5, 5.41) is 14.6. The maximum atomic E-state index is 13.6. The summed E-state index contributed by atoms with van der Waals surface area (Å²) in [5.41, 5.74) is 0.605. The molecule has 0 bridgehead atoms. The van der Waals surface area contributed by atoms with Crippen molar-refractivity contribution in [2.45, 2.75) is 18.1 Å². The standard InChI is InChI=1S/C20H19ClFN5O2S/c1-12(23-19(29)13-7-9-14(21)10-8-13)18-25-26-20(27(18)2)30-11-17(28)24-16-6-4-3-5-15(16)22/h3-10,12H,11H2,1-2H3,(H,23,29)(H,24,28)/t12-/m0/s1. The minimum Gasteiger partial charge on any atom is -0.342 e. The number of benzene rings is 2. The van der Waals surface area contributed by atoms with Gasteiger partial charge in [-0.25, -0.2) is 4.39 Å². The Morgan fingerprint density at radius 3 is 2.57 bits per heavy atom. The highest BCUT2D eigenvalue weighted by Gasteiger charge is 2.19. The van der Waals surface area contributed by atoms with Crippen LogP contribution in [-0.2, 0) is 11.8 Å². The topological polar surface area (TPSA) is 88.9 Å². The van der Waals surface area contributed by atoms with Crippen LogP contribution in [0.2, 0.25) is 5.02 Å². The Labute approximate surface area is 182 Å². The first-order chi connectivity index (χ1) is 14.3. The molecule has 0 aliphatic heterocycles. The lowest BCUT2D eigenvalue weighted by Crippen LogP contribution is -2.28. The van der Waals surface area contributed by atoms with Crippen molar-refractivity contribution in [1.82, 2.24) is 20.1 Å². The van der Waals surface area contributed by atoms with Gasteiger partial charge in [0.15, 0.2) is 11.0 Å². The fourth-order valence-electron chi connectivity index (χ4n) is 2.65. The summed E-state index contributed by atoms with van der Waals surface area (Å²) in [4.78, 5) is 24.5. The number of nitrogens with zero attached hydrogens (tertiary/aromatic N) is 3. The number of anilines is 1. The summed E-state index contributed by atoms with van der Waals surface area (Å²) in [6.07, 6.45) is 0. The van der Waals surface area contributed by atoms with Crippen LogP contribution in [0.25, 0.3) is 0 Å². The molecular formula is C20H19ClFN5O2S. The zero-order chi connectivity index (χ0) is 21.7. The Morgan fingerprint density at radius 1 is 1.17 bits per heavy atom. The first-order valence-corrected chi connectivity index (χ1v) is 10.3. The molecule has 0 unspecified atom stereocenters. The number of carbonyl (C=O) groups excluding carboxylic acids is 2. The van der Waals surface area contributed by atoms with Crippen molar-refractivity contribution in [1.29, 1.82) is 0 Å². The molecule has 0 aliphatic carbocycles. The average molecular weight is 448 g/mol. The van der Waals surface area contributed by atoms with E-state index in [-0.39, 0.29) is 23.3 Å². The predicted molar refractivity (Wildman–Crippen MR) is 114 cm³/mol. The average Bonchev–Trinajstić information content (AvgIpc) is 3.09. The second-order valence-electron chi connectivity index (χ2n) is 6.42. The smallest absolute Gasteiger partial charge is 0.251 e. The molecule has 1 aromatic heterocycles. The van der Waals surface area contributed by atoms with Gasteiger partial charge < -0.3 is 15.2 Å². The van der Waals surface area contributed by atoms with E-state index in [0.717, 1.165) is 11.8 Å². The van der Waals surface area contributed by atoms with Crippen molar-refractivity contribution in [2.75, 3.05) is 11.1 Å². The van der Waals surface area contributed by atoms with E-state index < -0.39 is 11.9 Å². The Balaban J connectivity index is 1.58. The van der Waals surface area contributed by atoms with Crippen LogP contribution in [0.1, 0.15) is 29.1 Å². The monoisotopic (exact) mass is 447 g/mol. The first kappa shape index (κ1) is 21.8. The lowest BCUT2D eigenvalue weighted by Gasteiger charge is -2.13. The molecule has 3 aromatic rings. The third-order valence-electron chi connectivity index (χ3n) is 4.19. The molecule has 1 heterocycles. The van der Waals surface area contributed by atoms with Crippen LogP contribution in [0.5, 0.6) is 0 Å². The van der Waals surface area contributed by atoms with Crippen LogP contribution in [0.3, 0.4) is 0 Å². The largest absolute Gasteiger partial charge is 0.342 e. The van der Waals surface area contributed by atoms with Gasteiger partial charge >= 0.3 is 0 Å². The molecule has 3 rings (SSSR count). The first-order valence-electron chi connectivity index (χ1n) is 8.98. The van der Waals surface area contributed by atoms with Gasteiger partial charge in [-0.1, -0.05) is 35.5 Å². The predicted octanol–water partition coefficient (Wildman–Crippen LogP) is 3.83. The Bertz CT molecular complexity index is 1060. The molecule has 10 heteroatoms. The summed E-state index contributed by atoms with van der Waals surface area (Å²) < 4.78 is 15.3. The lowest BCUT2D eigenvalue weighted by molar-refractivity contribution is -0.113. The third kappa shape index (κ3) is 5.37. The van der Waals surface area contributed by atoms with Gasteiger partial charge in [0.25, 0.3) is 5.91 Å². The van der Waals surface area contributed by atoms with Gasteiger partial charge in [0.1, 0.15) is 5.82 Å². The number of amides is 2. The quantitative estimate of drug-likeness (QED) is 0.537. The van der Waals surface area contributed by atoms with Crippen LogP contribution in [0.15, 0.2) is 53.7 Å². The van der Waals surface area contributed by atoms with Gasteiger partial charge in [0.05, 0.1) is 17.5 Å². The molecule has 2 amide bonds. The molecule has 1 atom stereocenters. The zero-order valence-corrected chi connectivity index (χ0v) is 17.8. The number of aromatic nitrogens is 3. The maximum absolute atomic E-state index is 13.6.